The van der Waals surface area contributed by atoms with Gasteiger partial charge >= 0.3 is 0 Å². The van der Waals surface area contributed by atoms with Gasteiger partial charge in [-0.25, -0.2) is 4.39 Å². The van der Waals surface area contributed by atoms with Crippen molar-refractivity contribution in [3.8, 4) is 5.75 Å². The topological polar surface area (TPSA) is 67.4 Å². The summed E-state index contributed by atoms with van der Waals surface area (Å²) in [5, 5.41) is 4.76. The number of amides is 2. The molecule has 0 bridgehead atoms. The van der Waals surface area contributed by atoms with Crippen LogP contribution < -0.4 is 15.4 Å². The molecule has 0 unspecified atom stereocenters. The largest absolute Gasteiger partial charge is 0.484 e. The molecule has 0 atom stereocenters. The van der Waals surface area contributed by atoms with E-state index in [-0.39, 0.29) is 18.8 Å². The minimum Gasteiger partial charge on any atom is -0.484 e. The minimum atomic E-state index is -0.533. The lowest BCUT2D eigenvalue weighted by atomic mass is 10.3. The molecule has 0 saturated heterocycles. The molecule has 2 amide bonds. The van der Waals surface area contributed by atoms with Gasteiger partial charge in [0.1, 0.15) is 11.6 Å². The lowest BCUT2D eigenvalue weighted by Crippen LogP contribution is -2.35. The number of hydrogen-bond acceptors (Lipinski definition) is 3. The van der Waals surface area contributed by atoms with Crippen molar-refractivity contribution in [1.29, 1.82) is 0 Å². The maximum atomic E-state index is 13.3. The van der Waals surface area contributed by atoms with Crippen LogP contribution in [0.25, 0.3) is 0 Å². The lowest BCUT2D eigenvalue weighted by Gasteiger charge is -2.08. The number of halogens is 1. The van der Waals surface area contributed by atoms with Crippen LogP contribution >= 0.6 is 0 Å². The highest BCUT2D eigenvalue weighted by Crippen LogP contribution is 2.11. The van der Waals surface area contributed by atoms with Crippen molar-refractivity contribution in [3.05, 3.63) is 60.4 Å². The van der Waals surface area contributed by atoms with Crippen LogP contribution in [0, 0.1) is 5.82 Å². The molecule has 2 N–H and O–H groups in total. The van der Waals surface area contributed by atoms with Gasteiger partial charge in [0.2, 0.25) is 5.91 Å². The molecule has 0 fully saturated rings. The van der Waals surface area contributed by atoms with Gasteiger partial charge in [-0.2, -0.15) is 0 Å². The number of rotatable bonds is 6. The Balaban J connectivity index is 1.72. The zero-order chi connectivity index (χ0) is 15.8. The summed E-state index contributed by atoms with van der Waals surface area (Å²) in [4.78, 5) is 23.2. The highest BCUT2D eigenvalue weighted by atomic mass is 19.1. The van der Waals surface area contributed by atoms with Crippen LogP contribution in [0.3, 0.4) is 0 Å². The second-order valence-corrected chi connectivity index (χ2v) is 4.41. The number of carbonyl (C=O) groups excluding carboxylic acids is 2. The Bertz CT molecular complexity index is 647. The molecule has 114 valence electrons. The molecule has 5 nitrogen and oxygen atoms in total. The van der Waals surface area contributed by atoms with Gasteiger partial charge < -0.3 is 15.4 Å². The van der Waals surface area contributed by atoms with Gasteiger partial charge in [-0.05, 0) is 24.3 Å². The summed E-state index contributed by atoms with van der Waals surface area (Å²) in [5.74, 6) is -0.922. The maximum Gasteiger partial charge on any atom is 0.258 e. The second kappa shape index (κ2) is 7.78. The average molecular weight is 302 g/mol. The average Bonchev–Trinajstić information content (AvgIpc) is 2.54. The molecule has 0 aromatic heterocycles. The minimum absolute atomic E-state index is 0.0716. The van der Waals surface area contributed by atoms with Crippen molar-refractivity contribution in [3.63, 3.8) is 0 Å². The van der Waals surface area contributed by atoms with E-state index in [4.69, 9.17) is 4.74 Å². The predicted molar refractivity (Wildman–Crippen MR) is 80.0 cm³/mol. The van der Waals surface area contributed by atoms with Gasteiger partial charge in [0, 0.05) is 0 Å². The van der Waals surface area contributed by atoms with E-state index in [2.05, 4.69) is 10.6 Å². The van der Waals surface area contributed by atoms with Gasteiger partial charge in [-0.1, -0.05) is 30.3 Å². The summed E-state index contributed by atoms with van der Waals surface area (Å²) in [6.07, 6.45) is 0. The van der Waals surface area contributed by atoms with Crippen molar-refractivity contribution in [2.24, 2.45) is 0 Å². The van der Waals surface area contributed by atoms with Gasteiger partial charge in [0.25, 0.3) is 5.91 Å². The fourth-order valence-corrected chi connectivity index (χ4v) is 1.65. The van der Waals surface area contributed by atoms with Crippen molar-refractivity contribution < 1.29 is 18.7 Å². The van der Waals surface area contributed by atoms with E-state index in [1.54, 1.807) is 30.3 Å². The van der Waals surface area contributed by atoms with E-state index in [0.29, 0.717) is 5.75 Å². The predicted octanol–water partition coefficient (Wildman–Crippen LogP) is 1.96. The Labute approximate surface area is 127 Å². The first-order chi connectivity index (χ1) is 10.6. The number of para-hydroxylation sites is 2. The van der Waals surface area contributed by atoms with Crippen LogP contribution in [-0.4, -0.2) is 25.0 Å². The highest BCUT2D eigenvalue weighted by Gasteiger charge is 2.08. The SMILES string of the molecule is O=C(COc1ccccc1)NCC(=O)Nc1ccccc1F. The number of nitrogens with one attached hydrogen (secondary N) is 2. The molecule has 6 heteroatoms. The molecule has 22 heavy (non-hydrogen) atoms. The van der Waals surface area contributed by atoms with Gasteiger partial charge in [0.15, 0.2) is 6.61 Å². The zero-order valence-electron chi connectivity index (χ0n) is 11.7. The number of benzene rings is 2. The number of anilines is 1. The Morgan fingerprint density at radius 3 is 2.36 bits per heavy atom. The van der Waals surface area contributed by atoms with Crippen molar-refractivity contribution >= 4 is 17.5 Å². The molecule has 0 spiro atoms. The van der Waals surface area contributed by atoms with E-state index in [9.17, 15) is 14.0 Å². The number of carbonyl (C=O) groups is 2. The van der Waals surface area contributed by atoms with E-state index in [0.717, 1.165) is 0 Å². The Morgan fingerprint density at radius 2 is 1.64 bits per heavy atom. The molecule has 0 aliphatic rings. The Hall–Kier alpha value is -2.89. The van der Waals surface area contributed by atoms with Crippen LogP contribution in [0.15, 0.2) is 54.6 Å². The van der Waals surface area contributed by atoms with Crippen molar-refractivity contribution in [1.82, 2.24) is 5.32 Å². The van der Waals surface area contributed by atoms with E-state index >= 15 is 0 Å². The smallest absolute Gasteiger partial charge is 0.258 e. The molecule has 2 aromatic rings. The Morgan fingerprint density at radius 1 is 0.955 bits per heavy atom. The summed E-state index contributed by atoms with van der Waals surface area (Å²) >= 11 is 0. The standard InChI is InChI=1S/C16H15FN2O3/c17-13-8-4-5-9-14(13)19-15(20)10-18-16(21)11-22-12-6-2-1-3-7-12/h1-9H,10-11H2,(H,18,21)(H,19,20). The van der Waals surface area contributed by atoms with Crippen LogP contribution in [0.5, 0.6) is 5.75 Å². The van der Waals surface area contributed by atoms with Crippen LogP contribution in [0.4, 0.5) is 10.1 Å². The molecule has 2 aromatic carbocycles. The van der Waals surface area contributed by atoms with Crippen molar-refractivity contribution in [2.75, 3.05) is 18.5 Å². The fourth-order valence-electron chi connectivity index (χ4n) is 1.65. The van der Waals surface area contributed by atoms with Crippen molar-refractivity contribution in [2.45, 2.75) is 0 Å². The summed E-state index contributed by atoms with van der Waals surface area (Å²) < 4.78 is 18.6. The first kappa shape index (κ1) is 15.5. The first-order valence-corrected chi connectivity index (χ1v) is 6.64. The molecule has 0 aliphatic heterocycles. The van der Waals surface area contributed by atoms with Crippen LogP contribution in [-0.2, 0) is 9.59 Å². The molecule has 2 rings (SSSR count). The van der Waals surface area contributed by atoms with E-state index in [1.165, 1.54) is 18.2 Å². The van der Waals surface area contributed by atoms with Crippen LogP contribution in [0.2, 0.25) is 0 Å². The number of hydrogen-bond donors (Lipinski definition) is 2. The van der Waals surface area contributed by atoms with E-state index < -0.39 is 17.6 Å². The quantitative estimate of drug-likeness (QED) is 0.857. The summed E-state index contributed by atoms with van der Waals surface area (Å²) in [5.41, 5.74) is 0.0716. The molecule has 0 saturated carbocycles. The first-order valence-electron chi connectivity index (χ1n) is 6.64. The summed E-state index contributed by atoms with van der Waals surface area (Å²) in [7, 11) is 0. The highest BCUT2D eigenvalue weighted by molar-refractivity contribution is 5.94. The molecular weight excluding hydrogens is 287 g/mol. The van der Waals surface area contributed by atoms with Gasteiger partial charge in [-0.3, -0.25) is 9.59 Å². The molecule has 0 heterocycles. The molecular formula is C16H15FN2O3. The number of ether oxygens (including phenoxy) is 1. The summed E-state index contributed by atoms with van der Waals surface area (Å²) in [6.45, 7) is -0.456. The molecule has 0 aliphatic carbocycles. The maximum absolute atomic E-state index is 13.3. The van der Waals surface area contributed by atoms with E-state index in [1.807, 2.05) is 6.07 Å². The third-order valence-corrected chi connectivity index (χ3v) is 2.71. The molecule has 0 radical (unpaired) electrons. The monoisotopic (exact) mass is 302 g/mol. The normalized spacial score (nSPS) is 9.86. The van der Waals surface area contributed by atoms with Gasteiger partial charge in [-0.15, -0.1) is 0 Å². The Kier molecular flexibility index (Phi) is 5.48. The zero-order valence-corrected chi connectivity index (χ0v) is 11.7. The van der Waals surface area contributed by atoms with Crippen LogP contribution in [0.1, 0.15) is 0 Å². The van der Waals surface area contributed by atoms with Gasteiger partial charge in [0.05, 0.1) is 12.2 Å². The second-order valence-electron chi connectivity index (χ2n) is 4.41. The summed E-state index contributed by atoms with van der Waals surface area (Å²) in [6, 6.07) is 14.6. The third kappa shape index (κ3) is 4.90. The third-order valence-electron chi connectivity index (χ3n) is 2.71. The fraction of sp³-hybridized carbons (Fsp3) is 0.125. The lowest BCUT2D eigenvalue weighted by molar-refractivity contribution is -0.125.